The Morgan fingerprint density at radius 2 is 1.93 bits per heavy atom. The Hall–Kier alpha value is -3.04. The number of para-hydroxylation sites is 1. The number of carbonyl (C=O) groups is 1. The maximum absolute atomic E-state index is 12.4. The Morgan fingerprint density at radius 3 is 2.67 bits per heavy atom. The fraction of sp³-hybridized carbons (Fsp3) is 0.167. The summed E-state index contributed by atoms with van der Waals surface area (Å²) < 4.78 is 27.8. The van der Waals surface area contributed by atoms with Crippen molar-refractivity contribution in [3.8, 4) is 0 Å². The minimum atomic E-state index is -3.63. The highest BCUT2D eigenvalue weighted by Gasteiger charge is 2.16. The zero-order valence-electron chi connectivity index (χ0n) is 14.8. The minimum Gasteiger partial charge on any atom is -0.324 e. The lowest BCUT2D eigenvalue weighted by molar-refractivity contribution is -0.116. The van der Waals surface area contributed by atoms with E-state index in [4.69, 9.17) is 0 Å². The van der Waals surface area contributed by atoms with Gasteiger partial charge < -0.3 is 5.32 Å². The van der Waals surface area contributed by atoms with Crippen LogP contribution in [0.5, 0.6) is 0 Å². The van der Waals surface area contributed by atoms with Crippen LogP contribution in [0.2, 0.25) is 0 Å². The molecule has 1 amide bonds. The summed E-state index contributed by atoms with van der Waals surface area (Å²) in [5.74, 6) is -0.395. The molecular formula is C18H18N4O4S. The molecule has 2 aromatic carbocycles. The van der Waals surface area contributed by atoms with Crippen LogP contribution in [0.3, 0.4) is 0 Å². The number of aromatic nitrogens is 2. The molecule has 140 valence electrons. The van der Waals surface area contributed by atoms with Crippen molar-refractivity contribution >= 4 is 32.5 Å². The van der Waals surface area contributed by atoms with Gasteiger partial charge in [-0.25, -0.2) is 13.1 Å². The van der Waals surface area contributed by atoms with Crippen molar-refractivity contribution in [1.29, 1.82) is 0 Å². The summed E-state index contributed by atoms with van der Waals surface area (Å²) in [6, 6.07) is 11.5. The first-order valence-corrected chi connectivity index (χ1v) is 9.59. The number of amides is 1. The van der Waals surface area contributed by atoms with Crippen LogP contribution in [0.25, 0.3) is 10.9 Å². The molecule has 0 atom stereocenters. The van der Waals surface area contributed by atoms with Crippen LogP contribution in [0.1, 0.15) is 5.56 Å². The third kappa shape index (κ3) is 3.88. The third-order valence-corrected chi connectivity index (χ3v) is 5.64. The quantitative estimate of drug-likeness (QED) is 0.686. The number of rotatable bonds is 5. The lowest BCUT2D eigenvalue weighted by Gasteiger charge is -2.12. The molecule has 2 N–H and O–H groups in total. The van der Waals surface area contributed by atoms with Crippen molar-refractivity contribution < 1.29 is 13.2 Å². The van der Waals surface area contributed by atoms with Gasteiger partial charge in [-0.15, -0.1) is 0 Å². The van der Waals surface area contributed by atoms with E-state index < -0.39 is 15.9 Å². The number of anilines is 1. The molecule has 0 radical (unpaired) electrons. The average Bonchev–Trinajstić information content (AvgIpc) is 2.65. The van der Waals surface area contributed by atoms with Crippen molar-refractivity contribution in [2.45, 2.75) is 18.4 Å². The molecule has 0 saturated carbocycles. The summed E-state index contributed by atoms with van der Waals surface area (Å²) in [7, 11) is -2.31. The molecule has 3 aromatic rings. The van der Waals surface area contributed by atoms with Crippen LogP contribution in [-0.4, -0.2) is 31.2 Å². The summed E-state index contributed by atoms with van der Waals surface area (Å²) in [6.45, 7) is 1.55. The summed E-state index contributed by atoms with van der Waals surface area (Å²) in [5.41, 5.74) is 1.24. The Bertz CT molecular complexity index is 1190. The van der Waals surface area contributed by atoms with Crippen LogP contribution < -0.4 is 15.5 Å². The van der Waals surface area contributed by atoms with E-state index in [1.54, 1.807) is 43.3 Å². The molecule has 0 saturated heterocycles. The number of fused-ring (bicyclic) bond motifs is 1. The Kier molecular flexibility index (Phi) is 5.06. The Morgan fingerprint density at radius 1 is 1.19 bits per heavy atom. The van der Waals surface area contributed by atoms with Gasteiger partial charge in [0, 0.05) is 11.1 Å². The summed E-state index contributed by atoms with van der Waals surface area (Å²) >= 11 is 0. The van der Waals surface area contributed by atoms with Gasteiger partial charge in [-0.3, -0.25) is 14.3 Å². The first-order valence-electron chi connectivity index (χ1n) is 8.11. The second-order valence-corrected chi connectivity index (χ2v) is 7.77. The van der Waals surface area contributed by atoms with Crippen molar-refractivity contribution in [2.24, 2.45) is 0 Å². The van der Waals surface area contributed by atoms with Gasteiger partial charge in [-0.05, 0) is 43.8 Å². The number of hydrogen-bond acceptors (Lipinski definition) is 5. The fourth-order valence-corrected chi connectivity index (χ4v) is 3.69. The minimum absolute atomic E-state index is 0.0923. The molecule has 9 heteroatoms. The average molecular weight is 386 g/mol. The molecule has 8 nitrogen and oxygen atoms in total. The number of sulfonamides is 1. The van der Waals surface area contributed by atoms with E-state index in [-0.39, 0.29) is 16.9 Å². The summed E-state index contributed by atoms with van der Waals surface area (Å²) in [4.78, 5) is 24.4. The Labute approximate surface area is 155 Å². The smallest absolute Gasteiger partial charge is 0.246 e. The summed E-state index contributed by atoms with van der Waals surface area (Å²) in [6.07, 6.45) is 1.17. The predicted molar refractivity (Wildman–Crippen MR) is 102 cm³/mol. The lowest BCUT2D eigenvalue weighted by atomic mass is 10.2. The topological polar surface area (TPSA) is 110 Å². The maximum atomic E-state index is 12.4. The standard InChI is InChI=1S/C18H18N4O4S/c1-12-7-8-13(9-17(12)27(25,26)19-2)21-18(24)11-22-15-6-4-3-5-14(15)16(23)10-20-22/h3-10,19H,11H2,1-2H3,(H,21,24). The molecule has 0 unspecified atom stereocenters. The van der Waals surface area contributed by atoms with E-state index in [1.165, 1.54) is 24.0 Å². The largest absolute Gasteiger partial charge is 0.324 e. The monoisotopic (exact) mass is 386 g/mol. The van der Waals surface area contributed by atoms with Gasteiger partial charge in [0.15, 0.2) is 0 Å². The van der Waals surface area contributed by atoms with Gasteiger partial charge in [0.2, 0.25) is 21.4 Å². The molecule has 0 aliphatic heterocycles. The molecule has 0 aliphatic carbocycles. The maximum Gasteiger partial charge on any atom is 0.246 e. The van der Waals surface area contributed by atoms with E-state index in [1.807, 2.05) is 0 Å². The van der Waals surface area contributed by atoms with Gasteiger partial charge in [0.1, 0.15) is 6.54 Å². The molecule has 0 aliphatic rings. The van der Waals surface area contributed by atoms with Crippen LogP contribution in [0.15, 0.2) is 58.4 Å². The first-order chi connectivity index (χ1) is 12.8. The number of benzene rings is 2. The van der Waals surface area contributed by atoms with Crippen LogP contribution in [-0.2, 0) is 21.4 Å². The van der Waals surface area contributed by atoms with E-state index in [0.717, 1.165) is 0 Å². The van der Waals surface area contributed by atoms with Crippen molar-refractivity contribution in [2.75, 3.05) is 12.4 Å². The molecule has 0 bridgehead atoms. The van der Waals surface area contributed by atoms with Gasteiger partial charge in [-0.1, -0.05) is 18.2 Å². The second kappa shape index (κ2) is 7.29. The third-order valence-electron chi connectivity index (χ3n) is 4.09. The van der Waals surface area contributed by atoms with Crippen molar-refractivity contribution in [3.05, 3.63) is 64.4 Å². The molecule has 0 spiro atoms. The summed E-state index contributed by atoms with van der Waals surface area (Å²) in [5, 5.41) is 7.14. The van der Waals surface area contributed by atoms with E-state index in [9.17, 15) is 18.0 Å². The zero-order valence-corrected chi connectivity index (χ0v) is 15.6. The van der Waals surface area contributed by atoms with E-state index >= 15 is 0 Å². The number of hydrogen-bond donors (Lipinski definition) is 2. The van der Waals surface area contributed by atoms with Gasteiger partial charge in [0.05, 0.1) is 16.6 Å². The number of nitrogens with one attached hydrogen (secondary N) is 2. The van der Waals surface area contributed by atoms with Crippen LogP contribution in [0, 0.1) is 6.92 Å². The normalized spacial score (nSPS) is 11.5. The highest BCUT2D eigenvalue weighted by molar-refractivity contribution is 7.89. The lowest BCUT2D eigenvalue weighted by Crippen LogP contribution is -2.23. The molecule has 3 rings (SSSR count). The van der Waals surface area contributed by atoms with Gasteiger partial charge in [0.25, 0.3) is 0 Å². The number of nitrogens with zero attached hydrogens (tertiary/aromatic N) is 2. The fourth-order valence-electron chi connectivity index (χ4n) is 2.70. The van der Waals surface area contributed by atoms with Gasteiger partial charge in [-0.2, -0.15) is 5.10 Å². The molecule has 1 heterocycles. The Balaban J connectivity index is 1.87. The zero-order chi connectivity index (χ0) is 19.6. The molecule has 1 aromatic heterocycles. The molecule has 27 heavy (non-hydrogen) atoms. The van der Waals surface area contributed by atoms with Crippen LogP contribution >= 0.6 is 0 Å². The second-order valence-electron chi connectivity index (χ2n) is 5.92. The van der Waals surface area contributed by atoms with E-state index in [0.29, 0.717) is 22.2 Å². The van der Waals surface area contributed by atoms with Crippen molar-refractivity contribution in [1.82, 2.24) is 14.5 Å². The predicted octanol–water partition coefficient (Wildman–Crippen LogP) is 1.25. The molecule has 0 fully saturated rings. The first kappa shape index (κ1) is 18.7. The van der Waals surface area contributed by atoms with Crippen LogP contribution in [0.4, 0.5) is 5.69 Å². The SMILES string of the molecule is CNS(=O)(=O)c1cc(NC(=O)Cn2ncc(=O)c3ccccc32)ccc1C. The van der Waals surface area contributed by atoms with E-state index in [2.05, 4.69) is 15.1 Å². The number of aryl methyl sites for hydroxylation is 1. The van der Waals surface area contributed by atoms with Gasteiger partial charge >= 0.3 is 0 Å². The molecular weight excluding hydrogens is 368 g/mol. The highest BCUT2D eigenvalue weighted by atomic mass is 32.2. The number of carbonyl (C=O) groups excluding carboxylic acids is 1. The highest BCUT2D eigenvalue weighted by Crippen LogP contribution is 2.20. The van der Waals surface area contributed by atoms with Crippen molar-refractivity contribution in [3.63, 3.8) is 0 Å².